The summed E-state index contributed by atoms with van der Waals surface area (Å²) < 4.78 is 14.9. The first-order chi connectivity index (χ1) is 9.54. The largest absolute Gasteiger partial charge is 0.304 e. The predicted molar refractivity (Wildman–Crippen MR) is 77.3 cm³/mol. The van der Waals surface area contributed by atoms with E-state index in [1.54, 1.807) is 12.3 Å². The summed E-state index contributed by atoms with van der Waals surface area (Å²) >= 11 is 6.28. The fraction of sp³-hybridized carbons (Fsp3) is 0.429. The average molecular weight is 297 g/mol. The number of hydrogen-bond acceptors (Lipinski definition) is 3. The highest BCUT2D eigenvalue weighted by molar-refractivity contribution is 6.31. The molecule has 1 atom stereocenters. The standard InChI is InChI=1S/C14H18ClFN4/c1-4-17-13(12-6-5-10(16)7-18-12)14-11(15)8-19-20(14)9(2)3/h5-9,13,17H,4H2,1-3H3. The van der Waals surface area contributed by atoms with Gasteiger partial charge in [0.15, 0.2) is 0 Å². The van der Waals surface area contributed by atoms with E-state index in [0.717, 1.165) is 17.9 Å². The van der Waals surface area contributed by atoms with Crippen LogP contribution in [0, 0.1) is 5.82 Å². The van der Waals surface area contributed by atoms with Gasteiger partial charge in [-0.3, -0.25) is 9.67 Å². The van der Waals surface area contributed by atoms with E-state index in [0.29, 0.717) is 5.02 Å². The Kier molecular flexibility index (Phi) is 4.73. The Balaban J connectivity index is 2.48. The molecule has 108 valence electrons. The number of rotatable bonds is 5. The third-order valence-electron chi connectivity index (χ3n) is 3.00. The van der Waals surface area contributed by atoms with Gasteiger partial charge in [0.1, 0.15) is 5.82 Å². The number of aromatic nitrogens is 3. The third-order valence-corrected chi connectivity index (χ3v) is 3.30. The van der Waals surface area contributed by atoms with Crippen LogP contribution in [-0.2, 0) is 0 Å². The normalized spacial score (nSPS) is 12.9. The van der Waals surface area contributed by atoms with Crippen LogP contribution in [0.4, 0.5) is 4.39 Å². The SMILES string of the molecule is CCNC(c1ccc(F)cn1)c1c(Cl)cnn1C(C)C. The van der Waals surface area contributed by atoms with Crippen LogP contribution in [0.1, 0.15) is 44.2 Å². The maximum absolute atomic E-state index is 13.0. The molecule has 1 N–H and O–H groups in total. The van der Waals surface area contributed by atoms with Crippen molar-refractivity contribution >= 4 is 11.6 Å². The number of pyridine rings is 1. The molecule has 0 amide bonds. The van der Waals surface area contributed by atoms with Gasteiger partial charge < -0.3 is 5.32 Å². The molecule has 2 aromatic heterocycles. The van der Waals surface area contributed by atoms with E-state index in [1.165, 1.54) is 12.3 Å². The van der Waals surface area contributed by atoms with Crippen LogP contribution in [0.15, 0.2) is 24.5 Å². The molecule has 2 aromatic rings. The van der Waals surface area contributed by atoms with Gasteiger partial charge in [0.25, 0.3) is 0 Å². The van der Waals surface area contributed by atoms with E-state index < -0.39 is 0 Å². The molecule has 2 heterocycles. The summed E-state index contributed by atoms with van der Waals surface area (Å²) in [6.07, 6.45) is 2.84. The van der Waals surface area contributed by atoms with Gasteiger partial charge in [-0.05, 0) is 32.5 Å². The third kappa shape index (κ3) is 2.99. The molecule has 0 aliphatic heterocycles. The number of halogens is 2. The molecule has 0 aliphatic rings. The summed E-state index contributed by atoms with van der Waals surface area (Å²) in [4.78, 5) is 4.16. The van der Waals surface area contributed by atoms with E-state index in [-0.39, 0.29) is 17.9 Å². The second kappa shape index (κ2) is 6.33. The van der Waals surface area contributed by atoms with Crippen molar-refractivity contribution in [2.75, 3.05) is 6.54 Å². The smallest absolute Gasteiger partial charge is 0.141 e. The monoisotopic (exact) mass is 296 g/mol. The maximum atomic E-state index is 13.0. The Morgan fingerprint density at radius 3 is 2.65 bits per heavy atom. The van der Waals surface area contributed by atoms with Crippen LogP contribution >= 0.6 is 11.6 Å². The van der Waals surface area contributed by atoms with Gasteiger partial charge in [0.05, 0.1) is 34.8 Å². The van der Waals surface area contributed by atoms with E-state index in [2.05, 4.69) is 15.4 Å². The van der Waals surface area contributed by atoms with Crippen LogP contribution in [-0.4, -0.2) is 21.3 Å². The van der Waals surface area contributed by atoms with Gasteiger partial charge in [0, 0.05) is 6.04 Å². The highest BCUT2D eigenvalue weighted by Gasteiger charge is 2.23. The molecule has 0 aliphatic carbocycles. The minimum absolute atomic E-state index is 0.180. The summed E-state index contributed by atoms with van der Waals surface area (Å²) in [5.41, 5.74) is 1.57. The van der Waals surface area contributed by atoms with Crippen molar-refractivity contribution < 1.29 is 4.39 Å². The van der Waals surface area contributed by atoms with Crippen molar-refractivity contribution in [2.45, 2.75) is 32.9 Å². The zero-order valence-electron chi connectivity index (χ0n) is 11.8. The van der Waals surface area contributed by atoms with Crippen LogP contribution in [0.5, 0.6) is 0 Å². The Labute approximate surface area is 123 Å². The van der Waals surface area contributed by atoms with Crippen LogP contribution in [0.3, 0.4) is 0 Å². The Morgan fingerprint density at radius 2 is 2.10 bits per heavy atom. The second-order valence-corrected chi connectivity index (χ2v) is 5.22. The molecule has 4 nitrogen and oxygen atoms in total. The summed E-state index contributed by atoms with van der Waals surface area (Å²) in [5.74, 6) is -0.354. The summed E-state index contributed by atoms with van der Waals surface area (Å²) in [6, 6.07) is 3.03. The summed E-state index contributed by atoms with van der Waals surface area (Å²) in [7, 11) is 0. The molecular weight excluding hydrogens is 279 g/mol. The lowest BCUT2D eigenvalue weighted by molar-refractivity contribution is 0.472. The fourth-order valence-electron chi connectivity index (χ4n) is 2.14. The Bertz CT molecular complexity index is 565. The number of nitrogens with zero attached hydrogens (tertiary/aromatic N) is 3. The highest BCUT2D eigenvalue weighted by atomic mass is 35.5. The molecule has 1 unspecified atom stereocenters. The molecule has 0 spiro atoms. The van der Waals surface area contributed by atoms with Gasteiger partial charge in [-0.15, -0.1) is 0 Å². The van der Waals surface area contributed by atoms with E-state index in [1.807, 2.05) is 25.5 Å². The van der Waals surface area contributed by atoms with E-state index >= 15 is 0 Å². The van der Waals surface area contributed by atoms with Crippen LogP contribution in [0.25, 0.3) is 0 Å². The first kappa shape index (κ1) is 14.9. The molecule has 0 saturated heterocycles. The molecule has 0 aromatic carbocycles. The molecule has 20 heavy (non-hydrogen) atoms. The fourth-order valence-corrected chi connectivity index (χ4v) is 2.38. The van der Waals surface area contributed by atoms with Crippen molar-refractivity contribution in [3.63, 3.8) is 0 Å². The Hall–Kier alpha value is -1.46. The van der Waals surface area contributed by atoms with Gasteiger partial charge in [-0.25, -0.2) is 4.39 Å². The quantitative estimate of drug-likeness (QED) is 0.920. The molecule has 6 heteroatoms. The average Bonchev–Trinajstić information content (AvgIpc) is 2.79. The van der Waals surface area contributed by atoms with Crippen molar-refractivity contribution in [3.8, 4) is 0 Å². The molecule has 0 saturated carbocycles. The van der Waals surface area contributed by atoms with Crippen LogP contribution < -0.4 is 5.32 Å². The van der Waals surface area contributed by atoms with Crippen LogP contribution in [0.2, 0.25) is 5.02 Å². The summed E-state index contributed by atoms with van der Waals surface area (Å²) in [6.45, 7) is 6.81. The molecular formula is C14H18ClFN4. The zero-order chi connectivity index (χ0) is 14.7. The van der Waals surface area contributed by atoms with Gasteiger partial charge in [0.2, 0.25) is 0 Å². The van der Waals surface area contributed by atoms with Gasteiger partial charge >= 0.3 is 0 Å². The number of hydrogen-bond donors (Lipinski definition) is 1. The van der Waals surface area contributed by atoms with Crippen molar-refractivity contribution in [3.05, 3.63) is 46.8 Å². The minimum atomic E-state index is -0.354. The molecule has 0 radical (unpaired) electrons. The topological polar surface area (TPSA) is 42.7 Å². The zero-order valence-corrected chi connectivity index (χ0v) is 12.5. The lowest BCUT2D eigenvalue weighted by Crippen LogP contribution is -2.26. The molecule has 0 fully saturated rings. The van der Waals surface area contributed by atoms with Crippen molar-refractivity contribution in [1.82, 2.24) is 20.1 Å². The Morgan fingerprint density at radius 1 is 1.35 bits per heavy atom. The minimum Gasteiger partial charge on any atom is -0.304 e. The van der Waals surface area contributed by atoms with E-state index in [4.69, 9.17) is 11.6 Å². The van der Waals surface area contributed by atoms with Gasteiger partial charge in [-0.2, -0.15) is 5.10 Å². The molecule has 0 bridgehead atoms. The molecule has 2 rings (SSSR count). The lowest BCUT2D eigenvalue weighted by atomic mass is 10.1. The first-order valence-corrected chi connectivity index (χ1v) is 7.00. The first-order valence-electron chi connectivity index (χ1n) is 6.62. The maximum Gasteiger partial charge on any atom is 0.141 e. The number of nitrogens with one attached hydrogen (secondary N) is 1. The van der Waals surface area contributed by atoms with Crippen molar-refractivity contribution in [2.24, 2.45) is 0 Å². The second-order valence-electron chi connectivity index (χ2n) is 4.81. The predicted octanol–water partition coefficient (Wildman–Crippen LogP) is 3.35. The highest BCUT2D eigenvalue weighted by Crippen LogP contribution is 2.29. The van der Waals surface area contributed by atoms with Crippen molar-refractivity contribution in [1.29, 1.82) is 0 Å². The van der Waals surface area contributed by atoms with Gasteiger partial charge in [-0.1, -0.05) is 18.5 Å². The summed E-state index contributed by atoms with van der Waals surface area (Å²) in [5, 5.41) is 8.21. The van der Waals surface area contributed by atoms with E-state index in [9.17, 15) is 4.39 Å². The lowest BCUT2D eigenvalue weighted by Gasteiger charge is -2.21.